The lowest BCUT2D eigenvalue weighted by Crippen LogP contribution is -2.35. The summed E-state index contributed by atoms with van der Waals surface area (Å²) in [5.41, 5.74) is 0. The Labute approximate surface area is 148 Å². The van der Waals surface area contributed by atoms with E-state index >= 15 is 0 Å². The van der Waals surface area contributed by atoms with E-state index in [2.05, 4.69) is 57.5 Å². The Morgan fingerprint density at radius 1 is 0.625 bits per heavy atom. The van der Waals surface area contributed by atoms with Gasteiger partial charge < -0.3 is 24.8 Å². The van der Waals surface area contributed by atoms with Crippen LogP contribution in [0.4, 0.5) is 0 Å². The van der Waals surface area contributed by atoms with Crippen LogP contribution in [0.25, 0.3) is 0 Å². The minimum atomic E-state index is 0.0648. The summed E-state index contributed by atoms with van der Waals surface area (Å²) in [7, 11) is 0. The normalized spacial score (nSPS) is 25.1. The molecule has 24 heavy (non-hydrogen) atoms. The highest BCUT2D eigenvalue weighted by molar-refractivity contribution is 4.74. The lowest BCUT2D eigenvalue weighted by molar-refractivity contribution is -0.0732. The van der Waals surface area contributed by atoms with Crippen molar-refractivity contribution in [3.05, 3.63) is 0 Å². The van der Waals surface area contributed by atoms with Gasteiger partial charge >= 0.3 is 0 Å². The average Bonchev–Trinajstić information content (AvgIpc) is 3.29. The molecule has 0 aromatic rings. The Bertz CT molecular complexity index is 248. The predicted molar refractivity (Wildman–Crippen MR) is 97.7 cm³/mol. The molecule has 0 bridgehead atoms. The first-order chi connectivity index (χ1) is 11.4. The molecular formula is C18H39N3O3. The second-order valence-corrected chi connectivity index (χ2v) is 7.47. The van der Waals surface area contributed by atoms with Crippen LogP contribution in [0.15, 0.2) is 0 Å². The molecule has 144 valence electrons. The highest BCUT2D eigenvalue weighted by Gasteiger charge is 2.19. The number of ether oxygens (including phenoxy) is 3. The first-order valence-corrected chi connectivity index (χ1v) is 9.46. The van der Waals surface area contributed by atoms with Crippen molar-refractivity contribution in [2.75, 3.05) is 39.5 Å². The molecular weight excluding hydrogens is 306 g/mol. The summed E-state index contributed by atoms with van der Waals surface area (Å²) in [6.45, 7) is 18.6. The summed E-state index contributed by atoms with van der Waals surface area (Å²) in [6, 6.07) is 0. The third-order valence-electron chi connectivity index (χ3n) is 4.06. The third kappa shape index (κ3) is 8.74. The largest absolute Gasteiger partial charge is 0.362 e. The second-order valence-electron chi connectivity index (χ2n) is 7.47. The number of hydrogen-bond acceptors (Lipinski definition) is 6. The molecule has 0 radical (unpaired) electrons. The molecule has 3 fully saturated rings. The van der Waals surface area contributed by atoms with Gasteiger partial charge in [0, 0.05) is 25.6 Å². The van der Waals surface area contributed by atoms with E-state index in [9.17, 15) is 0 Å². The maximum Gasteiger partial charge on any atom is 0.160 e. The first-order valence-electron chi connectivity index (χ1n) is 9.46. The Morgan fingerprint density at radius 2 is 1.21 bits per heavy atom. The van der Waals surface area contributed by atoms with E-state index in [1.54, 1.807) is 0 Å². The fourth-order valence-electron chi connectivity index (χ4n) is 2.63. The Kier molecular flexibility index (Phi) is 11.1. The number of nitrogens with one attached hydrogen (secondary N) is 3. The molecule has 0 amide bonds. The van der Waals surface area contributed by atoms with Crippen LogP contribution in [0.1, 0.15) is 41.5 Å². The van der Waals surface area contributed by atoms with Gasteiger partial charge in [0.1, 0.15) is 6.23 Å². The lowest BCUT2D eigenvalue weighted by atomic mass is 10.2. The smallest absolute Gasteiger partial charge is 0.160 e. The van der Waals surface area contributed by atoms with Gasteiger partial charge in [-0.15, -0.1) is 0 Å². The van der Waals surface area contributed by atoms with E-state index in [-0.39, 0.29) is 6.29 Å². The van der Waals surface area contributed by atoms with Crippen LogP contribution in [0.3, 0.4) is 0 Å². The molecule has 3 heterocycles. The van der Waals surface area contributed by atoms with Crippen molar-refractivity contribution < 1.29 is 14.2 Å². The Balaban J connectivity index is 0.000000180. The van der Waals surface area contributed by atoms with Crippen LogP contribution in [0.2, 0.25) is 0 Å². The van der Waals surface area contributed by atoms with E-state index in [1.807, 2.05) is 0 Å². The standard InChI is InChI=1S/C6H14N2.C6H13NO.C6H12O2/c3*1-5(2)6-7-3-4-8-6/h5-8H,3-4H2,1-2H3;5-7H,3-4H2,1-2H3;5-6H,3-4H2,1-2H3. The van der Waals surface area contributed by atoms with E-state index < -0.39 is 0 Å². The Hall–Kier alpha value is -0.240. The van der Waals surface area contributed by atoms with E-state index in [4.69, 9.17) is 14.2 Å². The molecule has 1 unspecified atom stereocenters. The van der Waals surface area contributed by atoms with Crippen LogP contribution in [0.5, 0.6) is 0 Å². The predicted octanol–water partition coefficient (Wildman–Crippen LogP) is 1.76. The summed E-state index contributed by atoms with van der Waals surface area (Å²) < 4.78 is 15.7. The summed E-state index contributed by atoms with van der Waals surface area (Å²) in [6.07, 6.45) is 0.944. The summed E-state index contributed by atoms with van der Waals surface area (Å²) in [5, 5.41) is 9.92. The zero-order valence-electron chi connectivity index (χ0n) is 16.4. The molecule has 0 saturated carbocycles. The van der Waals surface area contributed by atoms with Crippen LogP contribution in [-0.4, -0.2) is 58.1 Å². The molecule has 3 aliphatic rings. The van der Waals surface area contributed by atoms with Gasteiger partial charge in [-0.05, 0) is 11.8 Å². The molecule has 3 aliphatic heterocycles. The highest BCUT2D eigenvalue weighted by atomic mass is 16.7. The van der Waals surface area contributed by atoms with Gasteiger partial charge in [0.25, 0.3) is 0 Å². The lowest BCUT2D eigenvalue weighted by Gasteiger charge is -2.13. The topological polar surface area (TPSA) is 63.8 Å². The van der Waals surface area contributed by atoms with Gasteiger partial charge in [-0.25, -0.2) is 0 Å². The first kappa shape index (κ1) is 21.8. The van der Waals surface area contributed by atoms with Gasteiger partial charge in [0.05, 0.1) is 26.0 Å². The van der Waals surface area contributed by atoms with Gasteiger partial charge in [-0.2, -0.15) is 0 Å². The second kappa shape index (κ2) is 12.2. The van der Waals surface area contributed by atoms with Crippen molar-refractivity contribution in [1.29, 1.82) is 0 Å². The molecule has 3 rings (SSSR count). The quantitative estimate of drug-likeness (QED) is 0.724. The van der Waals surface area contributed by atoms with E-state index in [1.165, 1.54) is 0 Å². The molecule has 0 spiro atoms. The van der Waals surface area contributed by atoms with Crippen molar-refractivity contribution >= 4 is 0 Å². The van der Waals surface area contributed by atoms with Crippen molar-refractivity contribution in [1.82, 2.24) is 16.0 Å². The van der Waals surface area contributed by atoms with Crippen LogP contribution >= 0.6 is 0 Å². The molecule has 3 saturated heterocycles. The fraction of sp³-hybridized carbons (Fsp3) is 1.00. The molecule has 3 N–H and O–H groups in total. The maximum atomic E-state index is 5.30. The molecule has 0 aromatic heterocycles. The summed E-state index contributed by atoms with van der Waals surface area (Å²) >= 11 is 0. The minimum absolute atomic E-state index is 0.0648. The van der Waals surface area contributed by atoms with Gasteiger partial charge in [-0.1, -0.05) is 41.5 Å². The molecule has 0 aromatic carbocycles. The van der Waals surface area contributed by atoms with Crippen molar-refractivity contribution in [2.24, 2.45) is 17.8 Å². The van der Waals surface area contributed by atoms with E-state index in [0.29, 0.717) is 24.2 Å². The molecule has 1 atom stereocenters. The number of rotatable bonds is 3. The minimum Gasteiger partial charge on any atom is -0.362 e. The van der Waals surface area contributed by atoms with Crippen molar-refractivity contribution in [3.8, 4) is 0 Å². The van der Waals surface area contributed by atoms with E-state index in [0.717, 1.165) is 45.4 Å². The van der Waals surface area contributed by atoms with Crippen molar-refractivity contribution in [2.45, 2.75) is 60.2 Å². The van der Waals surface area contributed by atoms with Crippen LogP contribution < -0.4 is 16.0 Å². The Morgan fingerprint density at radius 3 is 1.46 bits per heavy atom. The molecule has 0 aliphatic carbocycles. The molecule has 6 nitrogen and oxygen atoms in total. The maximum absolute atomic E-state index is 5.30. The van der Waals surface area contributed by atoms with Crippen LogP contribution in [0, 0.1) is 17.8 Å². The molecule has 6 heteroatoms. The monoisotopic (exact) mass is 345 g/mol. The van der Waals surface area contributed by atoms with Crippen molar-refractivity contribution in [3.63, 3.8) is 0 Å². The SMILES string of the molecule is CC(C)C1NCCN1.CC(C)C1NCCO1.CC(C)C1OCCO1. The average molecular weight is 346 g/mol. The summed E-state index contributed by atoms with van der Waals surface area (Å²) in [4.78, 5) is 0. The number of hydrogen-bond donors (Lipinski definition) is 3. The van der Waals surface area contributed by atoms with Gasteiger partial charge in [0.15, 0.2) is 6.29 Å². The fourth-order valence-corrected chi connectivity index (χ4v) is 2.63. The highest BCUT2D eigenvalue weighted by Crippen LogP contribution is 2.12. The zero-order chi connectivity index (χ0) is 17.9. The van der Waals surface area contributed by atoms with Gasteiger partial charge in [-0.3, -0.25) is 5.32 Å². The van der Waals surface area contributed by atoms with Gasteiger partial charge in [0.2, 0.25) is 0 Å². The van der Waals surface area contributed by atoms with Crippen LogP contribution in [-0.2, 0) is 14.2 Å². The third-order valence-corrected chi connectivity index (χ3v) is 4.06. The zero-order valence-corrected chi connectivity index (χ0v) is 16.4. The summed E-state index contributed by atoms with van der Waals surface area (Å²) in [5.74, 6) is 1.83.